The van der Waals surface area contributed by atoms with Crippen molar-refractivity contribution in [2.75, 3.05) is 11.3 Å². The zero-order valence-corrected chi connectivity index (χ0v) is 13.8. The van der Waals surface area contributed by atoms with Crippen molar-refractivity contribution in [3.8, 4) is 0 Å². The number of pyridine rings is 1. The molecular weight excluding hydrogens is 362 g/mol. The number of rotatable bonds is 4. The summed E-state index contributed by atoms with van der Waals surface area (Å²) in [7, 11) is -3.94. The van der Waals surface area contributed by atoms with Crippen molar-refractivity contribution in [3.05, 3.63) is 22.3 Å². The largest absolute Gasteiger partial charge is 0.480 e. The van der Waals surface area contributed by atoms with Crippen molar-refractivity contribution in [1.29, 1.82) is 0 Å². The van der Waals surface area contributed by atoms with E-state index in [0.717, 1.165) is 8.78 Å². The lowest BCUT2D eigenvalue weighted by molar-refractivity contribution is -0.142. The number of piperidine rings is 1. The van der Waals surface area contributed by atoms with Crippen LogP contribution in [0.4, 0.5) is 5.82 Å². The summed E-state index contributed by atoms with van der Waals surface area (Å²) in [5, 5.41) is 9.16. The lowest BCUT2D eigenvalue weighted by Crippen LogP contribution is -2.50. The van der Waals surface area contributed by atoms with E-state index in [-0.39, 0.29) is 12.4 Å². The topological polar surface area (TPSA) is 99.6 Å². The monoisotopic (exact) mass is 377 g/mol. The predicted molar refractivity (Wildman–Crippen MR) is 81.2 cm³/mol. The highest BCUT2D eigenvalue weighted by Crippen LogP contribution is 2.23. The molecule has 116 valence electrons. The van der Waals surface area contributed by atoms with Crippen molar-refractivity contribution in [1.82, 2.24) is 9.29 Å². The second-order valence-electron chi connectivity index (χ2n) is 4.83. The number of halogens is 1. The molecule has 0 bridgehead atoms. The van der Waals surface area contributed by atoms with Crippen LogP contribution >= 0.6 is 15.9 Å². The van der Waals surface area contributed by atoms with Crippen molar-refractivity contribution in [2.45, 2.75) is 32.2 Å². The molecule has 2 rings (SSSR count). The second-order valence-corrected chi connectivity index (χ2v) is 7.31. The molecule has 21 heavy (non-hydrogen) atoms. The summed E-state index contributed by atoms with van der Waals surface area (Å²) in [5.74, 6) is -0.953. The summed E-state index contributed by atoms with van der Waals surface area (Å²) >= 11 is 3.29. The highest BCUT2D eigenvalue weighted by Gasteiger charge is 2.36. The Morgan fingerprint density at radius 2 is 2.19 bits per heavy atom. The summed E-state index contributed by atoms with van der Waals surface area (Å²) in [5.41, 5.74) is 0.642. The van der Waals surface area contributed by atoms with Crippen LogP contribution in [0.3, 0.4) is 0 Å². The molecular formula is C12H16BrN3O4S. The Morgan fingerprint density at radius 3 is 2.81 bits per heavy atom. The van der Waals surface area contributed by atoms with Gasteiger partial charge in [-0.25, -0.2) is 4.98 Å². The molecule has 0 aromatic carbocycles. The van der Waals surface area contributed by atoms with Gasteiger partial charge in [0.05, 0.1) is 5.69 Å². The van der Waals surface area contributed by atoms with Gasteiger partial charge in [0.2, 0.25) is 0 Å². The van der Waals surface area contributed by atoms with Crippen LogP contribution < -0.4 is 4.72 Å². The predicted octanol–water partition coefficient (Wildman–Crippen LogP) is 1.75. The first-order valence-electron chi connectivity index (χ1n) is 6.47. The summed E-state index contributed by atoms with van der Waals surface area (Å²) in [6.07, 6.45) is 1.68. The Kier molecular flexibility index (Phi) is 4.84. The minimum atomic E-state index is -3.94. The maximum absolute atomic E-state index is 12.4. The van der Waals surface area contributed by atoms with E-state index in [1.807, 2.05) is 0 Å². The molecule has 1 atom stereocenters. The minimum Gasteiger partial charge on any atom is -0.480 e. The molecule has 1 saturated heterocycles. The summed E-state index contributed by atoms with van der Waals surface area (Å²) in [6, 6.07) is 2.19. The lowest BCUT2D eigenvalue weighted by Gasteiger charge is -2.31. The van der Waals surface area contributed by atoms with E-state index in [1.165, 1.54) is 6.07 Å². The van der Waals surface area contributed by atoms with Gasteiger partial charge < -0.3 is 5.11 Å². The van der Waals surface area contributed by atoms with Gasteiger partial charge in [-0.1, -0.05) is 0 Å². The summed E-state index contributed by atoms with van der Waals surface area (Å²) in [6.45, 7) is 1.94. The molecule has 1 aromatic rings. The zero-order valence-electron chi connectivity index (χ0n) is 11.4. The number of carboxylic acid groups (broad SMARTS) is 1. The third kappa shape index (κ3) is 3.72. The molecule has 1 aliphatic heterocycles. The highest BCUT2D eigenvalue weighted by atomic mass is 79.9. The van der Waals surface area contributed by atoms with Gasteiger partial charge >= 0.3 is 16.2 Å². The van der Waals surface area contributed by atoms with Gasteiger partial charge in [0.1, 0.15) is 11.9 Å². The number of anilines is 1. The van der Waals surface area contributed by atoms with Crippen molar-refractivity contribution < 1.29 is 18.3 Å². The van der Waals surface area contributed by atoms with Crippen molar-refractivity contribution >= 4 is 37.9 Å². The van der Waals surface area contributed by atoms with E-state index in [9.17, 15) is 13.2 Å². The number of carboxylic acids is 1. The van der Waals surface area contributed by atoms with Crippen molar-refractivity contribution in [3.63, 3.8) is 0 Å². The van der Waals surface area contributed by atoms with Crippen LogP contribution in [0.25, 0.3) is 0 Å². The molecule has 0 spiro atoms. The van der Waals surface area contributed by atoms with Gasteiger partial charge in [0.15, 0.2) is 0 Å². The number of aliphatic carboxylic acids is 1. The van der Waals surface area contributed by atoms with Gasteiger partial charge in [0, 0.05) is 11.0 Å². The molecule has 1 unspecified atom stereocenters. The van der Waals surface area contributed by atoms with E-state index in [2.05, 4.69) is 25.6 Å². The molecule has 0 aliphatic carbocycles. The molecule has 1 fully saturated rings. The Balaban J connectivity index is 2.23. The number of nitrogens with zero attached hydrogens (tertiary/aromatic N) is 2. The molecule has 9 heteroatoms. The van der Waals surface area contributed by atoms with E-state index in [4.69, 9.17) is 5.11 Å². The van der Waals surface area contributed by atoms with Crippen LogP contribution in [0.5, 0.6) is 0 Å². The Morgan fingerprint density at radius 1 is 1.48 bits per heavy atom. The Bertz CT molecular complexity index is 650. The number of hydrogen-bond acceptors (Lipinski definition) is 4. The molecule has 2 heterocycles. The third-order valence-electron chi connectivity index (χ3n) is 3.30. The maximum Gasteiger partial charge on any atom is 0.322 e. The quantitative estimate of drug-likeness (QED) is 0.832. The first-order chi connectivity index (χ1) is 9.81. The van der Waals surface area contributed by atoms with Gasteiger partial charge in [-0.15, -0.1) is 0 Å². The molecule has 0 saturated carbocycles. The number of nitrogens with one attached hydrogen (secondary N) is 1. The summed E-state index contributed by atoms with van der Waals surface area (Å²) < 4.78 is 28.8. The Hall–Kier alpha value is -1.19. The minimum absolute atomic E-state index is 0.172. The molecule has 0 radical (unpaired) electrons. The van der Waals surface area contributed by atoms with Crippen molar-refractivity contribution in [2.24, 2.45) is 0 Å². The number of aromatic nitrogens is 1. The fourth-order valence-corrected chi connectivity index (χ4v) is 3.85. The normalized spacial score (nSPS) is 20.2. The third-order valence-corrected chi connectivity index (χ3v) is 5.66. The van der Waals surface area contributed by atoms with Crippen LogP contribution in [0, 0.1) is 6.92 Å². The van der Waals surface area contributed by atoms with E-state index >= 15 is 0 Å². The highest BCUT2D eigenvalue weighted by molar-refractivity contribution is 9.10. The SMILES string of the molecule is Cc1nc(NS(=O)(=O)N2CCCCC2C(=O)O)ccc1Br. The maximum atomic E-state index is 12.4. The van der Waals surface area contributed by atoms with Gasteiger partial charge in [-0.2, -0.15) is 12.7 Å². The van der Waals surface area contributed by atoms with Crippen LogP contribution in [0.1, 0.15) is 25.0 Å². The molecule has 1 aromatic heterocycles. The number of aryl methyl sites for hydroxylation is 1. The van der Waals surface area contributed by atoms with Gasteiger partial charge in [-0.05, 0) is 54.2 Å². The smallest absolute Gasteiger partial charge is 0.322 e. The van der Waals surface area contributed by atoms with E-state index in [0.29, 0.717) is 25.0 Å². The van der Waals surface area contributed by atoms with Crippen LogP contribution in [-0.4, -0.2) is 41.4 Å². The number of hydrogen-bond donors (Lipinski definition) is 2. The summed E-state index contributed by atoms with van der Waals surface area (Å²) in [4.78, 5) is 15.3. The molecule has 2 N–H and O–H groups in total. The van der Waals surface area contributed by atoms with Crippen LogP contribution in [-0.2, 0) is 15.0 Å². The van der Waals surface area contributed by atoms with Gasteiger partial charge in [0.25, 0.3) is 0 Å². The lowest BCUT2D eigenvalue weighted by atomic mass is 10.1. The van der Waals surface area contributed by atoms with E-state index < -0.39 is 22.2 Å². The average molecular weight is 378 g/mol. The van der Waals surface area contributed by atoms with Crippen LogP contribution in [0.2, 0.25) is 0 Å². The average Bonchev–Trinajstić information content (AvgIpc) is 2.42. The first-order valence-corrected chi connectivity index (χ1v) is 8.70. The second kappa shape index (κ2) is 6.29. The number of carbonyl (C=O) groups is 1. The molecule has 0 amide bonds. The fraction of sp³-hybridized carbons (Fsp3) is 0.500. The molecule has 1 aliphatic rings. The van der Waals surface area contributed by atoms with E-state index in [1.54, 1.807) is 13.0 Å². The zero-order chi connectivity index (χ0) is 15.6. The molecule has 7 nitrogen and oxygen atoms in total. The fourth-order valence-electron chi connectivity index (χ4n) is 2.23. The first kappa shape index (κ1) is 16.2. The Labute approximate surface area is 131 Å². The van der Waals surface area contributed by atoms with Gasteiger partial charge in [-0.3, -0.25) is 9.52 Å². The standard InChI is InChI=1S/C12H16BrN3O4S/c1-8-9(13)5-6-11(14-8)15-21(19,20)16-7-3-2-4-10(16)12(17)18/h5-6,10H,2-4,7H2,1H3,(H,14,15)(H,17,18). The van der Waals surface area contributed by atoms with Crippen LogP contribution in [0.15, 0.2) is 16.6 Å².